The van der Waals surface area contributed by atoms with Crippen LogP contribution in [0.25, 0.3) is 0 Å². The first kappa shape index (κ1) is 16.5. The van der Waals surface area contributed by atoms with E-state index in [1.807, 2.05) is 18.7 Å². The van der Waals surface area contributed by atoms with E-state index in [2.05, 4.69) is 5.32 Å². The van der Waals surface area contributed by atoms with Crippen molar-refractivity contribution in [3.8, 4) is 0 Å². The molecule has 0 aliphatic heterocycles. The first-order valence-electron chi connectivity index (χ1n) is 6.53. The van der Waals surface area contributed by atoms with Crippen molar-refractivity contribution in [1.29, 1.82) is 0 Å². The van der Waals surface area contributed by atoms with Crippen molar-refractivity contribution in [2.24, 2.45) is 0 Å². The minimum absolute atomic E-state index is 0.0885. The van der Waals surface area contributed by atoms with Gasteiger partial charge in [-0.05, 0) is 37.7 Å². The van der Waals surface area contributed by atoms with E-state index in [0.717, 1.165) is 19.5 Å². The van der Waals surface area contributed by atoms with Gasteiger partial charge in [0, 0.05) is 0 Å². The van der Waals surface area contributed by atoms with Gasteiger partial charge in [-0.1, -0.05) is 25.4 Å². The smallest absolute Gasteiger partial charge is 0.335 e. The topological polar surface area (TPSA) is 69.6 Å². The van der Waals surface area contributed by atoms with E-state index in [1.165, 1.54) is 18.2 Å². The number of carbonyl (C=O) groups is 2. The van der Waals surface area contributed by atoms with Crippen molar-refractivity contribution in [2.75, 3.05) is 25.0 Å². The molecule has 1 aromatic rings. The number of anilines is 1. The molecule has 110 valence electrons. The van der Waals surface area contributed by atoms with E-state index in [9.17, 15) is 9.59 Å². The minimum Gasteiger partial charge on any atom is -0.478 e. The molecule has 6 heteroatoms. The molecule has 1 aromatic carbocycles. The molecule has 1 rings (SSSR count). The maximum Gasteiger partial charge on any atom is 0.335 e. The van der Waals surface area contributed by atoms with Gasteiger partial charge in [-0.2, -0.15) is 0 Å². The highest BCUT2D eigenvalue weighted by Crippen LogP contribution is 2.23. The number of carboxylic acids is 1. The van der Waals surface area contributed by atoms with Gasteiger partial charge in [0.05, 0.1) is 22.8 Å². The summed E-state index contributed by atoms with van der Waals surface area (Å²) >= 11 is 5.96. The second-order valence-electron chi connectivity index (χ2n) is 4.42. The highest BCUT2D eigenvalue weighted by molar-refractivity contribution is 6.33. The highest BCUT2D eigenvalue weighted by atomic mass is 35.5. The number of aromatic carboxylic acids is 1. The molecule has 0 aliphatic carbocycles. The molecule has 0 heterocycles. The molecule has 20 heavy (non-hydrogen) atoms. The fourth-order valence-corrected chi connectivity index (χ4v) is 1.98. The fourth-order valence-electron chi connectivity index (χ4n) is 1.81. The lowest BCUT2D eigenvalue weighted by Crippen LogP contribution is -2.33. The lowest BCUT2D eigenvalue weighted by molar-refractivity contribution is -0.117. The van der Waals surface area contributed by atoms with Gasteiger partial charge in [0.25, 0.3) is 0 Å². The number of amides is 1. The Bertz CT molecular complexity index is 491. The molecule has 0 unspecified atom stereocenters. The Hall–Kier alpha value is -1.59. The van der Waals surface area contributed by atoms with Crippen LogP contribution >= 0.6 is 11.6 Å². The summed E-state index contributed by atoms with van der Waals surface area (Å²) in [7, 11) is 0. The predicted molar refractivity (Wildman–Crippen MR) is 79.4 cm³/mol. The first-order valence-corrected chi connectivity index (χ1v) is 6.90. The molecule has 0 atom stereocenters. The van der Waals surface area contributed by atoms with Crippen LogP contribution in [-0.2, 0) is 4.79 Å². The number of carboxylic acid groups (broad SMARTS) is 1. The number of carbonyl (C=O) groups excluding carboxylic acids is 1. The molecule has 1 amide bonds. The summed E-state index contributed by atoms with van der Waals surface area (Å²) in [6.45, 7) is 5.92. The van der Waals surface area contributed by atoms with Gasteiger partial charge in [0.2, 0.25) is 5.91 Å². The molecule has 0 fully saturated rings. The van der Waals surface area contributed by atoms with Crippen LogP contribution in [-0.4, -0.2) is 41.5 Å². The maximum atomic E-state index is 11.9. The van der Waals surface area contributed by atoms with Crippen molar-refractivity contribution in [3.63, 3.8) is 0 Å². The lowest BCUT2D eigenvalue weighted by Gasteiger charge is -2.19. The Morgan fingerprint density at radius 3 is 2.60 bits per heavy atom. The van der Waals surface area contributed by atoms with Gasteiger partial charge in [-0.3, -0.25) is 9.69 Å². The predicted octanol–water partition coefficient (Wildman–Crippen LogP) is 2.71. The molecule has 0 bridgehead atoms. The summed E-state index contributed by atoms with van der Waals surface area (Å²) in [5, 5.41) is 11.9. The summed E-state index contributed by atoms with van der Waals surface area (Å²) < 4.78 is 0. The van der Waals surface area contributed by atoms with Gasteiger partial charge < -0.3 is 10.4 Å². The second-order valence-corrected chi connectivity index (χ2v) is 4.82. The molecule has 0 aliphatic rings. The van der Waals surface area contributed by atoms with Crippen molar-refractivity contribution in [3.05, 3.63) is 28.8 Å². The zero-order valence-electron chi connectivity index (χ0n) is 11.6. The third kappa shape index (κ3) is 4.83. The van der Waals surface area contributed by atoms with Crippen LogP contribution < -0.4 is 5.32 Å². The van der Waals surface area contributed by atoms with Crippen molar-refractivity contribution < 1.29 is 14.7 Å². The van der Waals surface area contributed by atoms with Crippen LogP contribution in [0.5, 0.6) is 0 Å². The van der Waals surface area contributed by atoms with E-state index in [1.54, 1.807) is 0 Å². The monoisotopic (exact) mass is 298 g/mol. The average Bonchev–Trinajstić information content (AvgIpc) is 2.40. The summed E-state index contributed by atoms with van der Waals surface area (Å²) in [5.74, 6) is -1.26. The quantitative estimate of drug-likeness (QED) is 0.812. The Kier molecular flexibility index (Phi) is 6.48. The van der Waals surface area contributed by atoms with E-state index in [0.29, 0.717) is 10.7 Å². The number of nitrogens with zero attached hydrogens (tertiary/aromatic N) is 1. The zero-order valence-corrected chi connectivity index (χ0v) is 12.4. The standard InChI is InChI=1S/C14H19ClN2O3/c1-3-7-17(4-2)9-13(18)16-12-8-10(14(19)20)5-6-11(12)15/h5-6,8H,3-4,7,9H2,1-2H3,(H,16,18)(H,19,20). The molecule has 0 saturated carbocycles. The van der Waals surface area contributed by atoms with Gasteiger partial charge in [0.1, 0.15) is 0 Å². The third-order valence-electron chi connectivity index (χ3n) is 2.84. The summed E-state index contributed by atoms with van der Waals surface area (Å²) in [6, 6.07) is 4.22. The van der Waals surface area contributed by atoms with Crippen LogP contribution in [0, 0.1) is 0 Å². The molecular formula is C14H19ClN2O3. The van der Waals surface area contributed by atoms with E-state index in [4.69, 9.17) is 16.7 Å². The van der Waals surface area contributed by atoms with Crippen LogP contribution in [0.3, 0.4) is 0 Å². The summed E-state index contributed by atoms with van der Waals surface area (Å²) in [4.78, 5) is 24.8. The van der Waals surface area contributed by atoms with E-state index in [-0.39, 0.29) is 18.0 Å². The molecule has 2 N–H and O–H groups in total. The van der Waals surface area contributed by atoms with Crippen LogP contribution in [0.2, 0.25) is 5.02 Å². The van der Waals surface area contributed by atoms with E-state index >= 15 is 0 Å². The van der Waals surface area contributed by atoms with E-state index < -0.39 is 5.97 Å². The van der Waals surface area contributed by atoms with Crippen molar-refractivity contribution in [2.45, 2.75) is 20.3 Å². The zero-order chi connectivity index (χ0) is 15.1. The highest BCUT2D eigenvalue weighted by Gasteiger charge is 2.12. The number of hydrogen-bond donors (Lipinski definition) is 2. The Morgan fingerprint density at radius 2 is 2.05 bits per heavy atom. The number of benzene rings is 1. The largest absolute Gasteiger partial charge is 0.478 e. The SMILES string of the molecule is CCCN(CC)CC(=O)Nc1cc(C(=O)O)ccc1Cl. The van der Waals surface area contributed by atoms with Crippen molar-refractivity contribution in [1.82, 2.24) is 4.90 Å². The molecular weight excluding hydrogens is 280 g/mol. The molecule has 0 radical (unpaired) electrons. The molecule has 0 spiro atoms. The normalized spacial score (nSPS) is 10.6. The van der Waals surface area contributed by atoms with Crippen LogP contribution in [0.1, 0.15) is 30.6 Å². The summed E-state index contributed by atoms with van der Waals surface area (Å²) in [5.41, 5.74) is 0.412. The molecule has 0 saturated heterocycles. The minimum atomic E-state index is -1.06. The number of rotatable bonds is 7. The number of halogens is 1. The van der Waals surface area contributed by atoms with Crippen molar-refractivity contribution >= 4 is 29.2 Å². The number of likely N-dealkylation sites (N-methyl/N-ethyl adjacent to an activating group) is 1. The van der Waals surface area contributed by atoms with Crippen LogP contribution in [0.15, 0.2) is 18.2 Å². The maximum absolute atomic E-state index is 11.9. The van der Waals surface area contributed by atoms with Crippen LogP contribution in [0.4, 0.5) is 5.69 Å². The Morgan fingerprint density at radius 1 is 1.35 bits per heavy atom. The van der Waals surface area contributed by atoms with Gasteiger partial charge >= 0.3 is 5.97 Å². The molecule has 0 aromatic heterocycles. The number of hydrogen-bond acceptors (Lipinski definition) is 3. The second kappa shape index (κ2) is 7.87. The lowest BCUT2D eigenvalue weighted by atomic mass is 10.2. The Labute approximate surface area is 123 Å². The van der Waals surface area contributed by atoms with Gasteiger partial charge in [-0.25, -0.2) is 4.79 Å². The van der Waals surface area contributed by atoms with Gasteiger partial charge in [-0.15, -0.1) is 0 Å². The fraction of sp³-hybridized carbons (Fsp3) is 0.429. The van der Waals surface area contributed by atoms with Gasteiger partial charge in [0.15, 0.2) is 0 Å². The third-order valence-corrected chi connectivity index (χ3v) is 3.17. The first-order chi connectivity index (χ1) is 9.47. The summed E-state index contributed by atoms with van der Waals surface area (Å²) in [6.07, 6.45) is 0.969. The average molecular weight is 299 g/mol. The Balaban J connectivity index is 2.74. The molecule has 5 nitrogen and oxygen atoms in total. The number of nitrogens with one attached hydrogen (secondary N) is 1.